The van der Waals surface area contributed by atoms with Crippen LogP contribution in [0.2, 0.25) is 0 Å². The number of anilines is 1. The third kappa shape index (κ3) is 2.76. The van der Waals surface area contributed by atoms with Crippen LogP contribution in [0.4, 0.5) is 5.82 Å². The molecule has 0 aliphatic rings. The van der Waals surface area contributed by atoms with Crippen molar-refractivity contribution in [2.45, 2.75) is 0 Å². The summed E-state index contributed by atoms with van der Waals surface area (Å²) in [5, 5.41) is 16.0. The Balaban J connectivity index is 2.12. The normalized spacial score (nSPS) is 10.2. The zero-order valence-corrected chi connectivity index (χ0v) is 9.63. The molecule has 1 heterocycles. The van der Waals surface area contributed by atoms with E-state index >= 15 is 0 Å². The molecule has 2 aromatic rings. The molecule has 0 saturated heterocycles. The summed E-state index contributed by atoms with van der Waals surface area (Å²) in [5.41, 5.74) is 0.961. The number of aliphatic hydroxyl groups excluding tert-OH is 1. The van der Waals surface area contributed by atoms with E-state index in [2.05, 4.69) is 10.4 Å². The van der Waals surface area contributed by atoms with Crippen molar-refractivity contribution in [1.29, 1.82) is 0 Å². The minimum absolute atomic E-state index is 0.0927. The van der Waals surface area contributed by atoms with Crippen molar-refractivity contribution in [2.24, 2.45) is 0 Å². The second kappa shape index (κ2) is 5.36. The Morgan fingerprint density at radius 3 is 2.71 bits per heavy atom. The van der Waals surface area contributed by atoms with Crippen LogP contribution in [0.25, 0.3) is 5.69 Å². The van der Waals surface area contributed by atoms with E-state index in [1.165, 1.54) is 0 Å². The third-order valence-corrected chi connectivity index (χ3v) is 2.34. The molecular weight excluding hydrogens is 218 g/mol. The van der Waals surface area contributed by atoms with Crippen molar-refractivity contribution in [3.05, 3.63) is 36.5 Å². The van der Waals surface area contributed by atoms with Crippen LogP contribution in [0.1, 0.15) is 0 Å². The number of nitrogens with zero attached hydrogens (tertiary/aromatic N) is 2. The number of hydrogen-bond acceptors (Lipinski definition) is 4. The Morgan fingerprint density at radius 1 is 1.29 bits per heavy atom. The molecule has 17 heavy (non-hydrogen) atoms. The van der Waals surface area contributed by atoms with Gasteiger partial charge in [-0.3, -0.25) is 0 Å². The van der Waals surface area contributed by atoms with Gasteiger partial charge in [-0.05, 0) is 24.3 Å². The summed E-state index contributed by atoms with van der Waals surface area (Å²) in [4.78, 5) is 0. The van der Waals surface area contributed by atoms with Gasteiger partial charge < -0.3 is 15.2 Å². The first-order valence-corrected chi connectivity index (χ1v) is 5.38. The molecule has 5 nitrogen and oxygen atoms in total. The van der Waals surface area contributed by atoms with E-state index in [0.717, 1.165) is 17.3 Å². The van der Waals surface area contributed by atoms with Gasteiger partial charge in [0.1, 0.15) is 11.6 Å². The summed E-state index contributed by atoms with van der Waals surface area (Å²) >= 11 is 0. The lowest BCUT2D eigenvalue weighted by molar-refractivity contribution is 0.311. The molecule has 0 fully saturated rings. The zero-order chi connectivity index (χ0) is 12.1. The monoisotopic (exact) mass is 233 g/mol. The van der Waals surface area contributed by atoms with Gasteiger partial charge in [0.05, 0.1) is 19.4 Å². The number of methoxy groups -OCH3 is 1. The van der Waals surface area contributed by atoms with Gasteiger partial charge in [0.25, 0.3) is 0 Å². The van der Waals surface area contributed by atoms with E-state index in [0.29, 0.717) is 6.54 Å². The first kappa shape index (κ1) is 11.5. The summed E-state index contributed by atoms with van der Waals surface area (Å²) in [6.07, 6.45) is 1.86. The van der Waals surface area contributed by atoms with Gasteiger partial charge in [-0.1, -0.05) is 0 Å². The van der Waals surface area contributed by atoms with Gasteiger partial charge in [-0.25, -0.2) is 4.68 Å². The number of benzene rings is 1. The Hall–Kier alpha value is -2.01. The van der Waals surface area contributed by atoms with Crippen LogP contribution in [0.3, 0.4) is 0 Å². The van der Waals surface area contributed by atoms with Crippen LogP contribution in [0, 0.1) is 0 Å². The second-order valence-corrected chi connectivity index (χ2v) is 3.49. The maximum Gasteiger partial charge on any atom is 0.148 e. The number of aromatic nitrogens is 2. The van der Waals surface area contributed by atoms with Crippen molar-refractivity contribution in [3.8, 4) is 11.4 Å². The number of rotatable bonds is 5. The lowest BCUT2D eigenvalue weighted by Gasteiger charge is -2.03. The van der Waals surface area contributed by atoms with Gasteiger partial charge in [0, 0.05) is 18.8 Å². The van der Waals surface area contributed by atoms with E-state index in [-0.39, 0.29) is 6.61 Å². The summed E-state index contributed by atoms with van der Waals surface area (Å²) in [6, 6.07) is 9.50. The summed E-state index contributed by atoms with van der Waals surface area (Å²) < 4.78 is 6.86. The fourth-order valence-corrected chi connectivity index (χ4v) is 1.48. The molecule has 2 N–H and O–H groups in total. The van der Waals surface area contributed by atoms with E-state index < -0.39 is 0 Å². The highest BCUT2D eigenvalue weighted by Gasteiger charge is 2.00. The van der Waals surface area contributed by atoms with Gasteiger partial charge >= 0.3 is 0 Å². The first-order chi connectivity index (χ1) is 8.33. The van der Waals surface area contributed by atoms with E-state index in [1.54, 1.807) is 11.8 Å². The molecule has 5 heteroatoms. The molecule has 0 bridgehead atoms. The molecule has 90 valence electrons. The molecule has 0 amide bonds. The van der Waals surface area contributed by atoms with E-state index in [9.17, 15) is 0 Å². The zero-order valence-electron chi connectivity index (χ0n) is 9.63. The van der Waals surface area contributed by atoms with Crippen molar-refractivity contribution in [1.82, 2.24) is 9.78 Å². The van der Waals surface area contributed by atoms with Crippen LogP contribution in [-0.2, 0) is 0 Å². The number of hydrogen-bond donors (Lipinski definition) is 2. The number of aliphatic hydroxyl groups is 1. The van der Waals surface area contributed by atoms with Crippen LogP contribution >= 0.6 is 0 Å². The topological polar surface area (TPSA) is 59.3 Å². The van der Waals surface area contributed by atoms with Crippen LogP contribution in [0.5, 0.6) is 5.75 Å². The van der Waals surface area contributed by atoms with Crippen molar-refractivity contribution >= 4 is 5.82 Å². The van der Waals surface area contributed by atoms with E-state index in [1.807, 2.05) is 36.5 Å². The SMILES string of the molecule is COc1ccc(-n2ccc(NCCO)n2)cc1. The number of ether oxygens (including phenoxy) is 1. The van der Waals surface area contributed by atoms with Gasteiger partial charge in [0.2, 0.25) is 0 Å². The summed E-state index contributed by atoms with van der Waals surface area (Å²) in [7, 11) is 1.64. The predicted octanol–water partition coefficient (Wildman–Crippen LogP) is 1.29. The maximum absolute atomic E-state index is 8.70. The van der Waals surface area contributed by atoms with Crippen molar-refractivity contribution in [2.75, 3.05) is 25.6 Å². The standard InChI is InChI=1S/C12H15N3O2/c1-17-11-4-2-10(3-5-11)15-8-6-12(14-15)13-7-9-16/h2-6,8,16H,7,9H2,1H3,(H,13,14). The molecule has 0 unspecified atom stereocenters. The van der Waals surface area contributed by atoms with Crippen LogP contribution < -0.4 is 10.1 Å². The highest BCUT2D eigenvalue weighted by Crippen LogP contribution is 2.15. The third-order valence-electron chi connectivity index (χ3n) is 2.34. The largest absolute Gasteiger partial charge is 0.497 e. The molecule has 1 aromatic carbocycles. The van der Waals surface area contributed by atoms with Crippen LogP contribution in [-0.4, -0.2) is 35.1 Å². The average Bonchev–Trinajstić information content (AvgIpc) is 2.85. The van der Waals surface area contributed by atoms with Gasteiger partial charge in [-0.2, -0.15) is 5.10 Å². The smallest absolute Gasteiger partial charge is 0.148 e. The molecule has 0 aliphatic carbocycles. The summed E-state index contributed by atoms with van der Waals surface area (Å²) in [6.45, 7) is 0.592. The maximum atomic E-state index is 8.70. The molecule has 0 radical (unpaired) electrons. The molecule has 0 aliphatic heterocycles. The Morgan fingerprint density at radius 2 is 2.06 bits per heavy atom. The minimum atomic E-state index is 0.0927. The molecule has 2 rings (SSSR count). The molecule has 0 atom stereocenters. The molecule has 0 saturated carbocycles. The van der Waals surface area contributed by atoms with Gasteiger partial charge in [-0.15, -0.1) is 0 Å². The van der Waals surface area contributed by atoms with Crippen molar-refractivity contribution in [3.63, 3.8) is 0 Å². The fraction of sp³-hybridized carbons (Fsp3) is 0.250. The highest BCUT2D eigenvalue weighted by atomic mass is 16.5. The predicted molar refractivity (Wildman–Crippen MR) is 65.7 cm³/mol. The Labute approximate surface area is 99.6 Å². The lowest BCUT2D eigenvalue weighted by atomic mass is 10.3. The van der Waals surface area contributed by atoms with Gasteiger partial charge in [0.15, 0.2) is 0 Å². The Bertz CT molecular complexity index is 465. The summed E-state index contributed by atoms with van der Waals surface area (Å²) in [5.74, 6) is 1.56. The molecule has 1 aromatic heterocycles. The number of nitrogens with one attached hydrogen (secondary N) is 1. The highest BCUT2D eigenvalue weighted by molar-refractivity contribution is 5.40. The van der Waals surface area contributed by atoms with Crippen molar-refractivity contribution < 1.29 is 9.84 Å². The first-order valence-electron chi connectivity index (χ1n) is 5.38. The second-order valence-electron chi connectivity index (χ2n) is 3.49. The minimum Gasteiger partial charge on any atom is -0.497 e. The molecular formula is C12H15N3O2. The van der Waals surface area contributed by atoms with Crippen LogP contribution in [0.15, 0.2) is 36.5 Å². The fourth-order valence-electron chi connectivity index (χ4n) is 1.48. The quantitative estimate of drug-likeness (QED) is 0.817. The average molecular weight is 233 g/mol. The Kier molecular flexibility index (Phi) is 3.62. The lowest BCUT2D eigenvalue weighted by Crippen LogP contribution is -2.06. The van der Waals surface area contributed by atoms with E-state index in [4.69, 9.17) is 9.84 Å². The molecule has 0 spiro atoms.